The summed E-state index contributed by atoms with van der Waals surface area (Å²) in [7, 11) is -3.69. The fourth-order valence-electron chi connectivity index (χ4n) is 4.23. The molecule has 0 aromatic heterocycles. The summed E-state index contributed by atoms with van der Waals surface area (Å²) in [5.41, 5.74) is 2.06. The van der Waals surface area contributed by atoms with Gasteiger partial charge in [0, 0.05) is 18.3 Å². The summed E-state index contributed by atoms with van der Waals surface area (Å²) in [6.45, 7) is 2.41. The number of para-hydroxylation sites is 1. The predicted octanol–water partition coefficient (Wildman–Crippen LogP) is 3.21. The fourth-order valence-corrected chi connectivity index (χ4v) is 5.90. The van der Waals surface area contributed by atoms with E-state index in [9.17, 15) is 13.2 Å². The Morgan fingerprint density at radius 3 is 2.48 bits per heavy atom. The van der Waals surface area contributed by atoms with Crippen molar-refractivity contribution in [1.29, 1.82) is 0 Å². The van der Waals surface area contributed by atoms with Crippen LogP contribution in [0.2, 0.25) is 0 Å². The van der Waals surface area contributed by atoms with Gasteiger partial charge in [0.05, 0.1) is 4.90 Å². The van der Waals surface area contributed by atoms with Crippen molar-refractivity contribution >= 4 is 21.6 Å². The second kappa shape index (κ2) is 7.09. The van der Waals surface area contributed by atoms with Crippen LogP contribution in [0.5, 0.6) is 0 Å². The van der Waals surface area contributed by atoms with Gasteiger partial charge in [-0.25, -0.2) is 8.42 Å². The molecule has 2 heterocycles. The van der Waals surface area contributed by atoms with E-state index in [1.54, 1.807) is 35.2 Å². The highest BCUT2D eigenvalue weighted by Gasteiger charge is 2.42. The minimum absolute atomic E-state index is 0.0399. The predicted molar refractivity (Wildman–Crippen MR) is 105 cm³/mol. The molecule has 0 unspecified atom stereocenters. The summed E-state index contributed by atoms with van der Waals surface area (Å²) in [6, 6.07) is 15.7. The molecule has 27 heavy (non-hydrogen) atoms. The van der Waals surface area contributed by atoms with Gasteiger partial charge in [0.25, 0.3) is 0 Å². The highest BCUT2D eigenvalue weighted by molar-refractivity contribution is 7.89. The molecule has 6 heteroatoms. The van der Waals surface area contributed by atoms with Gasteiger partial charge in [-0.3, -0.25) is 4.79 Å². The topological polar surface area (TPSA) is 57.7 Å². The van der Waals surface area contributed by atoms with E-state index >= 15 is 0 Å². The first-order valence-corrected chi connectivity index (χ1v) is 10.9. The molecule has 0 saturated carbocycles. The number of hydrogen-bond acceptors (Lipinski definition) is 3. The van der Waals surface area contributed by atoms with Crippen molar-refractivity contribution in [3.8, 4) is 0 Å². The average molecular weight is 385 g/mol. The van der Waals surface area contributed by atoms with E-state index in [1.165, 1.54) is 4.31 Å². The number of piperidine rings is 1. The molecule has 2 atom stereocenters. The van der Waals surface area contributed by atoms with Gasteiger partial charge < -0.3 is 4.90 Å². The van der Waals surface area contributed by atoms with Gasteiger partial charge >= 0.3 is 0 Å². The van der Waals surface area contributed by atoms with E-state index in [2.05, 4.69) is 0 Å². The van der Waals surface area contributed by atoms with Gasteiger partial charge in [-0.15, -0.1) is 0 Å². The molecule has 0 N–H and O–H groups in total. The van der Waals surface area contributed by atoms with Crippen LogP contribution < -0.4 is 4.90 Å². The second-order valence-electron chi connectivity index (χ2n) is 7.33. The Morgan fingerprint density at radius 2 is 1.70 bits per heavy atom. The lowest BCUT2D eigenvalue weighted by Crippen LogP contribution is -2.54. The molecule has 1 saturated heterocycles. The first-order chi connectivity index (χ1) is 13.0. The number of sulfonamides is 1. The Morgan fingerprint density at radius 1 is 1.00 bits per heavy atom. The van der Waals surface area contributed by atoms with Crippen molar-refractivity contribution in [2.24, 2.45) is 0 Å². The number of carbonyl (C=O) groups excluding carboxylic acids is 1. The Labute approximate surface area is 160 Å². The van der Waals surface area contributed by atoms with Gasteiger partial charge in [-0.2, -0.15) is 4.31 Å². The molecule has 2 aliphatic rings. The zero-order valence-corrected chi connectivity index (χ0v) is 16.2. The fraction of sp³-hybridized carbons (Fsp3) is 0.381. The lowest BCUT2D eigenvalue weighted by molar-refractivity contribution is -0.123. The largest absolute Gasteiger partial charge is 0.308 e. The first kappa shape index (κ1) is 18.2. The quantitative estimate of drug-likeness (QED) is 0.816. The monoisotopic (exact) mass is 384 g/mol. The number of anilines is 1. The second-order valence-corrected chi connectivity index (χ2v) is 9.22. The van der Waals surface area contributed by atoms with Crippen molar-refractivity contribution in [2.45, 2.75) is 49.6 Å². The first-order valence-electron chi connectivity index (χ1n) is 9.48. The van der Waals surface area contributed by atoms with Crippen LogP contribution in [0.3, 0.4) is 0 Å². The molecule has 5 nitrogen and oxygen atoms in total. The average Bonchev–Trinajstić information content (AvgIpc) is 3.04. The smallest absolute Gasteiger partial charge is 0.245 e. The maximum Gasteiger partial charge on any atom is 0.245 e. The molecule has 0 spiro atoms. The van der Waals surface area contributed by atoms with Crippen molar-refractivity contribution in [1.82, 2.24) is 4.31 Å². The zero-order valence-electron chi connectivity index (χ0n) is 15.4. The summed E-state index contributed by atoms with van der Waals surface area (Å²) in [4.78, 5) is 15.5. The molecule has 2 aromatic carbocycles. The van der Waals surface area contributed by atoms with Crippen LogP contribution >= 0.6 is 0 Å². The standard InChI is InChI=1S/C21H24N2O3S/c1-16-15-17-9-5-6-12-19(17)23(16)21(24)20-13-7-8-14-22(20)27(25,26)18-10-3-2-4-11-18/h2-6,9-12,16,20H,7-8,13-15H2,1H3/t16-,20-/m0/s1. The highest BCUT2D eigenvalue weighted by atomic mass is 32.2. The molecule has 1 fully saturated rings. The highest BCUT2D eigenvalue weighted by Crippen LogP contribution is 2.35. The van der Waals surface area contributed by atoms with E-state index in [-0.39, 0.29) is 16.8 Å². The molecule has 0 aliphatic carbocycles. The SMILES string of the molecule is C[C@H]1Cc2ccccc2N1C(=O)[C@@H]1CCCCN1S(=O)(=O)c1ccccc1. The maximum atomic E-state index is 13.5. The van der Waals surface area contributed by atoms with Crippen LogP contribution in [-0.4, -0.2) is 37.3 Å². The van der Waals surface area contributed by atoms with Crippen LogP contribution in [0, 0.1) is 0 Å². The summed E-state index contributed by atoms with van der Waals surface area (Å²) >= 11 is 0. The lowest BCUT2D eigenvalue weighted by atomic mass is 10.0. The van der Waals surface area contributed by atoms with Gasteiger partial charge in [-0.1, -0.05) is 42.8 Å². The van der Waals surface area contributed by atoms with Gasteiger partial charge in [0.1, 0.15) is 6.04 Å². The van der Waals surface area contributed by atoms with E-state index in [4.69, 9.17) is 0 Å². The number of fused-ring (bicyclic) bond motifs is 1. The molecular formula is C21H24N2O3S. The van der Waals surface area contributed by atoms with Crippen LogP contribution in [-0.2, 0) is 21.2 Å². The normalized spacial score (nSPS) is 23.2. The van der Waals surface area contributed by atoms with E-state index < -0.39 is 16.1 Å². The number of benzene rings is 2. The third-order valence-electron chi connectivity index (χ3n) is 5.53. The van der Waals surface area contributed by atoms with Gasteiger partial charge in [0.2, 0.25) is 15.9 Å². The van der Waals surface area contributed by atoms with Gasteiger partial charge in [-0.05, 0) is 49.9 Å². The Balaban J connectivity index is 1.68. The van der Waals surface area contributed by atoms with Crippen LogP contribution in [0.15, 0.2) is 59.5 Å². The lowest BCUT2D eigenvalue weighted by Gasteiger charge is -2.37. The van der Waals surface area contributed by atoms with E-state index in [1.807, 2.05) is 31.2 Å². The maximum absolute atomic E-state index is 13.5. The molecule has 4 rings (SSSR count). The summed E-state index contributed by atoms with van der Waals surface area (Å²) in [5.74, 6) is -0.105. The molecule has 1 amide bonds. The molecule has 0 radical (unpaired) electrons. The zero-order chi connectivity index (χ0) is 19.0. The van der Waals surface area contributed by atoms with Crippen LogP contribution in [0.25, 0.3) is 0 Å². The Bertz CT molecular complexity index is 943. The molecule has 2 aliphatic heterocycles. The van der Waals surface area contributed by atoms with E-state index in [0.717, 1.165) is 30.5 Å². The molecule has 0 bridgehead atoms. The van der Waals surface area contributed by atoms with Crippen molar-refractivity contribution < 1.29 is 13.2 Å². The third-order valence-corrected chi connectivity index (χ3v) is 7.46. The number of rotatable bonds is 3. The minimum Gasteiger partial charge on any atom is -0.308 e. The Kier molecular flexibility index (Phi) is 4.78. The Hall–Kier alpha value is -2.18. The molecule has 2 aromatic rings. The van der Waals surface area contributed by atoms with Crippen LogP contribution in [0.4, 0.5) is 5.69 Å². The number of nitrogens with zero attached hydrogens (tertiary/aromatic N) is 2. The number of carbonyl (C=O) groups is 1. The van der Waals surface area contributed by atoms with E-state index in [0.29, 0.717) is 13.0 Å². The molecular weight excluding hydrogens is 360 g/mol. The summed E-state index contributed by atoms with van der Waals surface area (Å²) in [6.07, 6.45) is 3.01. The minimum atomic E-state index is -3.69. The summed E-state index contributed by atoms with van der Waals surface area (Å²) in [5, 5.41) is 0. The van der Waals surface area contributed by atoms with Crippen molar-refractivity contribution in [3.63, 3.8) is 0 Å². The summed E-state index contributed by atoms with van der Waals surface area (Å²) < 4.78 is 27.8. The van der Waals surface area contributed by atoms with Crippen LogP contribution in [0.1, 0.15) is 31.7 Å². The third kappa shape index (κ3) is 3.17. The van der Waals surface area contributed by atoms with Gasteiger partial charge in [0.15, 0.2) is 0 Å². The van der Waals surface area contributed by atoms with Crippen molar-refractivity contribution in [2.75, 3.05) is 11.4 Å². The van der Waals surface area contributed by atoms with Crippen molar-refractivity contribution in [3.05, 3.63) is 60.2 Å². The molecule has 142 valence electrons. The number of hydrogen-bond donors (Lipinski definition) is 0. The number of amides is 1.